The molecular weight excluding hydrogens is 165 g/mol. The van der Waals surface area contributed by atoms with Gasteiger partial charge in [-0.15, -0.1) is 0 Å². The Morgan fingerprint density at radius 1 is 1.31 bits per heavy atom. The molecule has 66 valence electrons. The second-order valence-corrected chi connectivity index (χ2v) is 2.99. The topological polar surface area (TPSA) is 12.9 Å². The van der Waals surface area contributed by atoms with Crippen LogP contribution in [0.4, 0.5) is 4.39 Å². The van der Waals surface area contributed by atoms with Crippen LogP contribution in [0.2, 0.25) is 0 Å². The third-order valence-corrected chi connectivity index (χ3v) is 2.17. The monoisotopic (exact) mass is 175 g/mol. The molecule has 0 aliphatic carbocycles. The zero-order valence-corrected chi connectivity index (χ0v) is 7.42. The van der Waals surface area contributed by atoms with Crippen molar-refractivity contribution in [2.45, 2.75) is 13.3 Å². The molecule has 0 atom stereocenters. The van der Waals surface area contributed by atoms with Gasteiger partial charge in [0.1, 0.15) is 5.82 Å². The Hall–Kier alpha value is -1.44. The summed E-state index contributed by atoms with van der Waals surface area (Å²) in [7, 11) is 0. The van der Waals surface area contributed by atoms with Gasteiger partial charge >= 0.3 is 0 Å². The number of hydrogen-bond donors (Lipinski definition) is 0. The first-order valence-corrected chi connectivity index (χ1v) is 4.34. The molecule has 1 heterocycles. The average molecular weight is 175 g/mol. The van der Waals surface area contributed by atoms with E-state index in [2.05, 4.69) is 11.9 Å². The van der Waals surface area contributed by atoms with Gasteiger partial charge in [0.25, 0.3) is 0 Å². The molecule has 0 radical (unpaired) electrons. The van der Waals surface area contributed by atoms with E-state index in [1.165, 1.54) is 6.07 Å². The maximum Gasteiger partial charge on any atom is 0.123 e. The summed E-state index contributed by atoms with van der Waals surface area (Å²) < 4.78 is 12.9. The number of nitrogens with zero attached hydrogens (tertiary/aromatic N) is 1. The molecule has 0 amide bonds. The molecule has 0 saturated carbocycles. The molecule has 2 aromatic rings. The fourth-order valence-electron chi connectivity index (χ4n) is 1.48. The lowest BCUT2D eigenvalue weighted by Gasteiger charge is -2.02. The van der Waals surface area contributed by atoms with Crippen molar-refractivity contribution in [1.82, 2.24) is 4.98 Å². The van der Waals surface area contributed by atoms with E-state index in [1.807, 2.05) is 6.07 Å². The Morgan fingerprint density at radius 2 is 2.15 bits per heavy atom. The highest BCUT2D eigenvalue weighted by molar-refractivity contribution is 5.81. The number of aromatic nitrogens is 1. The Kier molecular flexibility index (Phi) is 1.97. The van der Waals surface area contributed by atoms with Crippen LogP contribution in [0.15, 0.2) is 30.5 Å². The molecule has 0 saturated heterocycles. The lowest BCUT2D eigenvalue weighted by Crippen LogP contribution is -1.87. The van der Waals surface area contributed by atoms with Crippen LogP contribution in [0, 0.1) is 5.82 Å². The van der Waals surface area contributed by atoms with Gasteiger partial charge in [-0.3, -0.25) is 4.98 Å². The van der Waals surface area contributed by atoms with Crippen LogP contribution in [0.25, 0.3) is 10.9 Å². The van der Waals surface area contributed by atoms with E-state index in [4.69, 9.17) is 0 Å². The lowest BCUT2D eigenvalue weighted by molar-refractivity contribution is 0.629. The van der Waals surface area contributed by atoms with Crippen molar-refractivity contribution in [3.8, 4) is 0 Å². The number of aryl methyl sites for hydroxylation is 1. The molecule has 1 aromatic carbocycles. The maximum absolute atomic E-state index is 12.9. The number of pyridine rings is 1. The van der Waals surface area contributed by atoms with E-state index in [0.717, 1.165) is 22.9 Å². The summed E-state index contributed by atoms with van der Waals surface area (Å²) in [5.41, 5.74) is 2.00. The Balaban J connectivity index is 2.79. The fourth-order valence-corrected chi connectivity index (χ4v) is 1.48. The van der Waals surface area contributed by atoms with Gasteiger partial charge < -0.3 is 0 Å². The quantitative estimate of drug-likeness (QED) is 0.649. The van der Waals surface area contributed by atoms with Crippen LogP contribution in [0.3, 0.4) is 0 Å². The average Bonchev–Trinajstić information content (AvgIpc) is 2.17. The minimum absolute atomic E-state index is 0.199. The highest BCUT2D eigenvalue weighted by Crippen LogP contribution is 2.17. The third-order valence-electron chi connectivity index (χ3n) is 2.17. The molecule has 1 aromatic heterocycles. The minimum atomic E-state index is -0.199. The Bertz CT molecular complexity index is 437. The standard InChI is InChI=1S/C11H10FN/c1-2-8-5-6-13-11-4-3-9(12)7-10(8)11/h3-7H,2H2,1H3. The van der Waals surface area contributed by atoms with Crippen LogP contribution >= 0.6 is 0 Å². The summed E-state index contributed by atoms with van der Waals surface area (Å²) in [6.07, 6.45) is 2.67. The van der Waals surface area contributed by atoms with Crippen LogP contribution in [-0.2, 0) is 6.42 Å². The van der Waals surface area contributed by atoms with Gasteiger partial charge in [-0.25, -0.2) is 4.39 Å². The highest BCUT2D eigenvalue weighted by Gasteiger charge is 2.00. The van der Waals surface area contributed by atoms with Crippen molar-refractivity contribution in [2.24, 2.45) is 0 Å². The van der Waals surface area contributed by atoms with Gasteiger partial charge in [0.15, 0.2) is 0 Å². The van der Waals surface area contributed by atoms with Crippen molar-refractivity contribution >= 4 is 10.9 Å². The first kappa shape index (κ1) is 8.17. The van der Waals surface area contributed by atoms with Crippen molar-refractivity contribution in [1.29, 1.82) is 0 Å². The first-order valence-electron chi connectivity index (χ1n) is 4.34. The van der Waals surface area contributed by atoms with Crippen molar-refractivity contribution in [3.05, 3.63) is 41.8 Å². The molecule has 1 nitrogen and oxygen atoms in total. The van der Waals surface area contributed by atoms with Gasteiger partial charge in [0, 0.05) is 11.6 Å². The normalized spacial score (nSPS) is 10.6. The Labute approximate surface area is 76.2 Å². The predicted octanol–water partition coefficient (Wildman–Crippen LogP) is 2.94. The first-order chi connectivity index (χ1) is 6.31. The maximum atomic E-state index is 12.9. The molecule has 2 heteroatoms. The molecule has 0 unspecified atom stereocenters. The second kappa shape index (κ2) is 3.13. The Morgan fingerprint density at radius 3 is 2.92 bits per heavy atom. The number of rotatable bonds is 1. The van der Waals surface area contributed by atoms with Crippen molar-refractivity contribution in [3.63, 3.8) is 0 Å². The van der Waals surface area contributed by atoms with E-state index < -0.39 is 0 Å². The molecule has 0 aliphatic heterocycles. The third kappa shape index (κ3) is 1.39. The van der Waals surface area contributed by atoms with Crippen LogP contribution in [0.5, 0.6) is 0 Å². The van der Waals surface area contributed by atoms with E-state index in [0.29, 0.717) is 0 Å². The molecule has 0 N–H and O–H groups in total. The summed E-state index contributed by atoms with van der Waals surface area (Å²) in [5, 5.41) is 0.921. The highest BCUT2D eigenvalue weighted by atomic mass is 19.1. The molecule has 0 fully saturated rings. The molecule has 0 aliphatic rings. The fraction of sp³-hybridized carbons (Fsp3) is 0.182. The summed E-state index contributed by atoms with van der Waals surface area (Å²) in [4.78, 5) is 4.16. The van der Waals surface area contributed by atoms with E-state index in [9.17, 15) is 4.39 Å². The number of hydrogen-bond acceptors (Lipinski definition) is 1. The van der Waals surface area contributed by atoms with Crippen molar-refractivity contribution < 1.29 is 4.39 Å². The van der Waals surface area contributed by atoms with Crippen LogP contribution in [0.1, 0.15) is 12.5 Å². The largest absolute Gasteiger partial charge is 0.256 e. The molecule has 13 heavy (non-hydrogen) atoms. The number of halogens is 1. The molecular formula is C11H10FN. The minimum Gasteiger partial charge on any atom is -0.256 e. The van der Waals surface area contributed by atoms with Crippen LogP contribution < -0.4 is 0 Å². The van der Waals surface area contributed by atoms with Crippen LogP contribution in [-0.4, -0.2) is 4.98 Å². The van der Waals surface area contributed by atoms with Gasteiger partial charge in [-0.05, 0) is 36.2 Å². The van der Waals surface area contributed by atoms with Gasteiger partial charge in [-0.2, -0.15) is 0 Å². The zero-order valence-electron chi connectivity index (χ0n) is 7.42. The zero-order chi connectivity index (χ0) is 9.26. The van der Waals surface area contributed by atoms with Gasteiger partial charge in [-0.1, -0.05) is 6.92 Å². The predicted molar refractivity (Wildman–Crippen MR) is 51.1 cm³/mol. The SMILES string of the molecule is CCc1ccnc2ccc(F)cc12. The molecule has 0 spiro atoms. The number of fused-ring (bicyclic) bond motifs is 1. The number of benzene rings is 1. The van der Waals surface area contributed by atoms with Crippen molar-refractivity contribution in [2.75, 3.05) is 0 Å². The second-order valence-electron chi connectivity index (χ2n) is 2.99. The van der Waals surface area contributed by atoms with Gasteiger partial charge in [0.2, 0.25) is 0 Å². The van der Waals surface area contributed by atoms with Gasteiger partial charge in [0.05, 0.1) is 5.52 Å². The molecule has 2 rings (SSSR count). The smallest absolute Gasteiger partial charge is 0.123 e. The summed E-state index contributed by atoms with van der Waals surface area (Å²) in [6.45, 7) is 2.06. The van der Waals surface area contributed by atoms with E-state index >= 15 is 0 Å². The lowest BCUT2D eigenvalue weighted by atomic mass is 10.1. The summed E-state index contributed by atoms with van der Waals surface area (Å²) >= 11 is 0. The molecule has 0 bridgehead atoms. The summed E-state index contributed by atoms with van der Waals surface area (Å²) in [5.74, 6) is -0.199. The summed E-state index contributed by atoms with van der Waals surface area (Å²) in [6, 6.07) is 6.63. The van der Waals surface area contributed by atoms with E-state index in [1.54, 1.807) is 18.3 Å². The van der Waals surface area contributed by atoms with E-state index in [-0.39, 0.29) is 5.82 Å².